The third-order valence-corrected chi connectivity index (χ3v) is 9.23. The molecule has 0 spiro atoms. The average Bonchev–Trinajstić information content (AvgIpc) is 3.45. The molecule has 2 heterocycles. The third-order valence-electron chi connectivity index (χ3n) is 7.86. The van der Waals surface area contributed by atoms with Crippen LogP contribution in [0.2, 0.25) is 0 Å². The Balaban J connectivity index is 1.61. The number of sulfonamides is 1. The molecule has 0 radical (unpaired) electrons. The lowest BCUT2D eigenvalue weighted by Crippen LogP contribution is -2.23. The van der Waals surface area contributed by atoms with E-state index in [1.165, 1.54) is 18.2 Å². The molecule has 1 amide bonds. The summed E-state index contributed by atoms with van der Waals surface area (Å²) >= 11 is 0. The largest absolute Gasteiger partial charge is 0.463 e. The number of benzene rings is 3. The second-order valence-electron chi connectivity index (χ2n) is 10.9. The Labute approximate surface area is 279 Å². The molecule has 0 bridgehead atoms. The van der Waals surface area contributed by atoms with Crippen molar-refractivity contribution >= 4 is 56.6 Å². The van der Waals surface area contributed by atoms with E-state index in [4.69, 9.17) is 5.73 Å². The van der Waals surface area contributed by atoms with Crippen LogP contribution in [-0.4, -0.2) is 64.8 Å². The molecule has 0 unspecified atom stereocenters. The van der Waals surface area contributed by atoms with Crippen LogP contribution in [0.3, 0.4) is 0 Å². The summed E-state index contributed by atoms with van der Waals surface area (Å²) in [7, 11) is -4.46. The minimum Gasteiger partial charge on any atom is -0.463 e. The molecule has 48 heavy (non-hydrogen) atoms. The fraction of sp³-hybridized carbons (Fsp3) is 0.200. The molecule has 3 aromatic carbocycles. The summed E-state index contributed by atoms with van der Waals surface area (Å²) in [4.78, 5) is 31.5. The Morgan fingerprint density at radius 1 is 0.958 bits per heavy atom. The smallest absolute Gasteiger partial charge is 0.432 e. The molecular weight excluding hydrogens is 630 g/mol. The minimum atomic E-state index is -4.46. The number of anilines is 2. The van der Waals surface area contributed by atoms with Gasteiger partial charge >= 0.3 is 6.09 Å². The van der Waals surface area contributed by atoms with Crippen molar-refractivity contribution in [2.24, 2.45) is 0 Å². The van der Waals surface area contributed by atoms with Crippen molar-refractivity contribution in [3.63, 3.8) is 0 Å². The maximum Gasteiger partial charge on any atom is 0.432 e. The summed E-state index contributed by atoms with van der Waals surface area (Å²) in [6.07, 6.45) is 3.85. The number of nitrogen functional groups attached to an aromatic ring is 1. The molecule has 5 rings (SSSR count). The molecule has 0 aliphatic carbocycles. The Morgan fingerprint density at radius 2 is 1.69 bits per heavy atom. The first-order valence-corrected chi connectivity index (χ1v) is 16.9. The van der Waals surface area contributed by atoms with Crippen molar-refractivity contribution in [1.29, 1.82) is 0 Å². The highest BCUT2D eigenvalue weighted by atomic mass is 32.2. The zero-order chi connectivity index (χ0) is 34.4. The lowest BCUT2D eigenvalue weighted by atomic mass is 9.97. The highest BCUT2D eigenvalue weighted by Crippen LogP contribution is 2.36. The quantitative estimate of drug-likeness (QED) is 0.121. The van der Waals surface area contributed by atoms with Gasteiger partial charge in [-0.2, -0.15) is 4.68 Å². The highest BCUT2D eigenvalue weighted by molar-refractivity contribution is 7.92. The van der Waals surface area contributed by atoms with Gasteiger partial charge < -0.3 is 16.2 Å². The van der Waals surface area contributed by atoms with Gasteiger partial charge in [0.1, 0.15) is 0 Å². The summed E-state index contributed by atoms with van der Waals surface area (Å²) in [6, 6.07) is 19.8. The van der Waals surface area contributed by atoms with Crippen LogP contribution in [0.1, 0.15) is 48.0 Å². The number of rotatable bonds is 12. The van der Waals surface area contributed by atoms with Crippen LogP contribution < -0.4 is 15.8 Å². The van der Waals surface area contributed by atoms with E-state index >= 15 is 0 Å². The van der Waals surface area contributed by atoms with E-state index in [2.05, 4.69) is 38.9 Å². The Morgan fingerprint density at radius 3 is 2.38 bits per heavy atom. The Kier molecular flexibility index (Phi) is 10.2. The zero-order valence-electron chi connectivity index (χ0n) is 26.8. The zero-order valence-corrected chi connectivity index (χ0v) is 27.7. The number of amides is 1. The van der Waals surface area contributed by atoms with E-state index < -0.39 is 16.1 Å². The average molecular weight is 668 g/mol. The molecule has 0 atom stereocenters. The number of hydrogen-bond donors (Lipinski definition) is 4. The van der Waals surface area contributed by atoms with Crippen molar-refractivity contribution in [1.82, 2.24) is 25.0 Å². The summed E-state index contributed by atoms with van der Waals surface area (Å²) in [5, 5.41) is 16.8. The molecule has 0 aliphatic heterocycles. The summed E-state index contributed by atoms with van der Waals surface area (Å²) < 4.78 is 31.7. The topological polar surface area (TPSA) is 173 Å². The van der Waals surface area contributed by atoms with Gasteiger partial charge in [-0.25, -0.2) is 13.2 Å². The SMILES string of the molecule is CCNC(=O)c1ccccc1-c1cc(N)c(/C=C/c2ccc(CN(CC)CC)cn2)cc1S(=O)(=O)Nc1nn(C(=O)O)c2ccccc12. The van der Waals surface area contributed by atoms with Crippen molar-refractivity contribution in [2.45, 2.75) is 32.2 Å². The predicted molar refractivity (Wildman–Crippen MR) is 188 cm³/mol. The van der Waals surface area contributed by atoms with Gasteiger partial charge in [-0.1, -0.05) is 56.3 Å². The molecule has 0 fully saturated rings. The first kappa shape index (κ1) is 33.8. The molecule has 13 heteroatoms. The molecule has 248 valence electrons. The number of fused-ring (bicyclic) bond motifs is 1. The van der Waals surface area contributed by atoms with Crippen LogP contribution in [0, 0.1) is 0 Å². The number of hydrogen-bond acceptors (Lipinski definition) is 8. The monoisotopic (exact) mass is 667 g/mol. The summed E-state index contributed by atoms with van der Waals surface area (Å²) in [6.45, 7) is 9.01. The number of carbonyl (C=O) groups excluding carboxylic acids is 1. The van der Waals surface area contributed by atoms with Gasteiger partial charge in [0.05, 0.1) is 16.1 Å². The van der Waals surface area contributed by atoms with Gasteiger partial charge in [0.15, 0.2) is 5.82 Å². The lowest BCUT2D eigenvalue weighted by molar-refractivity contribution is 0.0956. The number of carbonyl (C=O) groups is 2. The van der Waals surface area contributed by atoms with Crippen LogP contribution in [0.4, 0.5) is 16.3 Å². The van der Waals surface area contributed by atoms with Crippen LogP contribution >= 0.6 is 0 Å². The number of carboxylic acid groups (broad SMARTS) is 1. The number of nitrogens with one attached hydrogen (secondary N) is 2. The standard InChI is InChI=1S/C35H37N7O5S/c1-4-37-34(43)27-12-8-7-11-26(27)29-20-30(36)24(16-18-25-17-15-23(21-38-25)22-41(5-2)6-3)19-32(29)48(46,47)40-33-28-13-9-10-14-31(28)42(39-33)35(44)45/h7-21H,4-6,22,36H2,1-3H3,(H,37,43)(H,39,40)(H,44,45)/b18-16+. The van der Waals surface area contributed by atoms with E-state index in [1.54, 1.807) is 61.5 Å². The number of nitrogens with zero attached hydrogens (tertiary/aromatic N) is 4. The molecule has 0 aliphatic rings. The molecule has 12 nitrogen and oxygen atoms in total. The maximum atomic E-state index is 14.2. The minimum absolute atomic E-state index is 0.168. The maximum absolute atomic E-state index is 14.2. The van der Waals surface area contributed by atoms with Crippen molar-refractivity contribution in [3.8, 4) is 11.1 Å². The van der Waals surface area contributed by atoms with E-state index in [0.29, 0.717) is 33.4 Å². The molecule has 0 saturated carbocycles. The van der Waals surface area contributed by atoms with Crippen LogP contribution in [-0.2, 0) is 16.6 Å². The molecule has 5 aromatic rings. The lowest BCUT2D eigenvalue weighted by Gasteiger charge is -2.17. The molecule has 2 aromatic heterocycles. The normalized spacial score (nSPS) is 11.8. The highest BCUT2D eigenvalue weighted by Gasteiger charge is 2.26. The van der Waals surface area contributed by atoms with Crippen molar-refractivity contribution in [2.75, 3.05) is 30.1 Å². The van der Waals surface area contributed by atoms with E-state index in [0.717, 1.165) is 25.2 Å². The number of pyridine rings is 1. The first-order chi connectivity index (χ1) is 23.1. The van der Waals surface area contributed by atoms with Crippen molar-refractivity contribution < 1.29 is 23.1 Å². The van der Waals surface area contributed by atoms with Gasteiger partial charge in [-0.05, 0) is 79.2 Å². The third kappa shape index (κ3) is 7.22. The van der Waals surface area contributed by atoms with E-state index in [9.17, 15) is 23.1 Å². The fourth-order valence-electron chi connectivity index (χ4n) is 5.34. The second-order valence-corrected chi connectivity index (χ2v) is 12.6. The Hall–Kier alpha value is -5.53. The van der Waals surface area contributed by atoms with Crippen molar-refractivity contribution in [3.05, 3.63) is 101 Å². The van der Waals surface area contributed by atoms with Gasteiger partial charge in [-0.15, -0.1) is 5.10 Å². The van der Waals surface area contributed by atoms with Gasteiger partial charge in [-0.3, -0.25) is 19.4 Å². The van der Waals surface area contributed by atoms with Crippen LogP contribution in [0.15, 0.2) is 83.9 Å². The first-order valence-electron chi connectivity index (χ1n) is 15.5. The number of nitrogens with two attached hydrogens (primary N) is 1. The number of aromatic nitrogens is 3. The molecule has 5 N–H and O–H groups in total. The molecule has 0 saturated heterocycles. The van der Waals surface area contributed by atoms with Gasteiger partial charge in [0.25, 0.3) is 15.9 Å². The fourth-order valence-corrected chi connectivity index (χ4v) is 6.60. The molecular formula is C35H37N7O5S. The van der Waals surface area contributed by atoms with Crippen LogP contribution in [0.5, 0.6) is 0 Å². The summed E-state index contributed by atoms with van der Waals surface area (Å²) in [5.74, 6) is -0.549. The van der Waals surface area contributed by atoms with E-state index in [-0.39, 0.29) is 39.0 Å². The predicted octanol–water partition coefficient (Wildman–Crippen LogP) is 5.77. The van der Waals surface area contributed by atoms with Crippen LogP contribution in [0.25, 0.3) is 34.2 Å². The second kappa shape index (κ2) is 14.5. The van der Waals surface area contributed by atoms with Gasteiger partial charge in [0, 0.05) is 41.5 Å². The summed E-state index contributed by atoms with van der Waals surface area (Å²) in [5.41, 5.74) is 9.89. The number of para-hydroxylation sites is 1. The Bertz CT molecular complexity index is 2100. The van der Waals surface area contributed by atoms with E-state index in [1.807, 2.05) is 18.3 Å². The van der Waals surface area contributed by atoms with Gasteiger partial charge in [0.2, 0.25) is 0 Å².